The number of nitrogens with one attached hydrogen (secondary N) is 1. The summed E-state index contributed by atoms with van der Waals surface area (Å²) in [5.74, 6) is -0.968. The van der Waals surface area contributed by atoms with Crippen molar-refractivity contribution in [3.63, 3.8) is 0 Å². The number of ether oxygens (including phenoxy) is 1. The van der Waals surface area contributed by atoms with Gasteiger partial charge in [0.05, 0.1) is 21.3 Å². The van der Waals surface area contributed by atoms with Gasteiger partial charge >= 0.3 is 5.97 Å². The quantitative estimate of drug-likeness (QED) is 0.564. The Hall–Kier alpha value is -3.02. The normalized spacial score (nSPS) is 10.4. The van der Waals surface area contributed by atoms with Crippen LogP contribution in [0.5, 0.6) is 5.75 Å². The monoisotopic (exact) mass is 415 g/mol. The molecule has 142 valence electrons. The summed E-state index contributed by atoms with van der Waals surface area (Å²) in [6.07, 6.45) is 0. The summed E-state index contributed by atoms with van der Waals surface area (Å²) >= 11 is 11.9. The van der Waals surface area contributed by atoms with Gasteiger partial charge in [-0.15, -0.1) is 0 Å². The minimum absolute atomic E-state index is 0.182. The minimum Gasteiger partial charge on any atom is -0.508 e. The third-order valence-corrected chi connectivity index (χ3v) is 4.70. The molecular formula is C21H15Cl2NO4. The maximum atomic E-state index is 12.1. The Balaban J connectivity index is 1.58. The molecule has 0 spiro atoms. The first-order chi connectivity index (χ1) is 13.4. The van der Waals surface area contributed by atoms with E-state index in [4.69, 9.17) is 27.9 Å². The molecule has 3 rings (SSSR count). The second-order valence-electron chi connectivity index (χ2n) is 5.85. The van der Waals surface area contributed by atoms with Crippen LogP contribution >= 0.6 is 23.2 Å². The maximum Gasteiger partial charge on any atom is 0.338 e. The number of aromatic hydroxyl groups is 1. The average Bonchev–Trinajstić information content (AvgIpc) is 2.70. The second-order valence-corrected chi connectivity index (χ2v) is 6.64. The first kappa shape index (κ1) is 19.7. The summed E-state index contributed by atoms with van der Waals surface area (Å²) in [7, 11) is 0. The lowest BCUT2D eigenvalue weighted by Crippen LogP contribution is -2.21. The summed E-state index contributed by atoms with van der Waals surface area (Å²) in [5.41, 5.74) is 2.44. The summed E-state index contributed by atoms with van der Waals surface area (Å²) in [4.78, 5) is 24.1. The Bertz CT molecular complexity index is 1000. The fourth-order valence-electron chi connectivity index (χ4n) is 2.45. The average molecular weight is 416 g/mol. The van der Waals surface area contributed by atoms with Crippen molar-refractivity contribution in [2.24, 2.45) is 0 Å². The number of rotatable bonds is 5. The number of benzene rings is 3. The molecule has 0 aliphatic rings. The van der Waals surface area contributed by atoms with Gasteiger partial charge < -0.3 is 15.2 Å². The Kier molecular flexibility index (Phi) is 6.19. The minimum atomic E-state index is -0.621. The molecule has 0 bridgehead atoms. The first-order valence-corrected chi connectivity index (χ1v) is 9.00. The van der Waals surface area contributed by atoms with Crippen molar-refractivity contribution in [3.05, 3.63) is 82.3 Å². The summed E-state index contributed by atoms with van der Waals surface area (Å²) in [5, 5.41) is 12.4. The van der Waals surface area contributed by atoms with Crippen LogP contribution in [0.25, 0.3) is 11.1 Å². The molecule has 28 heavy (non-hydrogen) atoms. The number of hydrogen-bond donors (Lipinski definition) is 2. The van der Waals surface area contributed by atoms with Gasteiger partial charge in [0, 0.05) is 0 Å². The molecule has 3 aromatic carbocycles. The number of halogens is 2. The molecule has 0 aliphatic heterocycles. The van der Waals surface area contributed by atoms with E-state index in [1.807, 2.05) is 0 Å². The topological polar surface area (TPSA) is 75.6 Å². The van der Waals surface area contributed by atoms with E-state index in [1.165, 1.54) is 0 Å². The Morgan fingerprint density at radius 1 is 0.893 bits per heavy atom. The number of amides is 1. The molecule has 0 aliphatic carbocycles. The zero-order chi connectivity index (χ0) is 20.1. The van der Waals surface area contributed by atoms with Crippen molar-refractivity contribution in [2.75, 3.05) is 11.9 Å². The van der Waals surface area contributed by atoms with E-state index in [0.29, 0.717) is 16.3 Å². The third kappa shape index (κ3) is 4.82. The van der Waals surface area contributed by atoms with E-state index < -0.39 is 18.5 Å². The second kappa shape index (κ2) is 8.78. The predicted octanol–water partition coefficient (Wildman–Crippen LogP) is 5.16. The molecule has 2 N–H and O–H groups in total. The van der Waals surface area contributed by atoms with Crippen molar-refractivity contribution in [1.29, 1.82) is 0 Å². The van der Waals surface area contributed by atoms with E-state index in [0.717, 1.165) is 11.1 Å². The molecule has 0 atom stereocenters. The van der Waals surface area contributed by atoms with Crippen LogP contribution in [0.1, 0.15) is 10.4 Å². The lowest BCUT2D eigenvalue weighted by atomic mass is 10.0. The summed E-state index contributed by atoms with van der Waals surface area (Å²) < 4.78 is 5.03. The van der Waals surface area contributed by atoms with Crippen LogP contribution in [0.15, 0.2) is 66.7 Å². The standard InChI is InChI=1S/C21H15Cl2NO4/c22-17-2-1-3-18(20(17)23)24-19(26)12-28-21(27)15-6-4-13(5-7-15)14-8-10-16(25)11-9-14/h1-11,25H,12H2,(H,24,26). The SMILES string of the molecule is O=C(COC(=O)c1ccc(-c2ccc(O)cc2)cc1)Nc1cccc(Cl)c1Cl. The van der Waals surface area contributed by atoms with Crippen LogP contribution in [0, 0.1) is 0 Å². The van der Waals surface area contributed by atoms with Crippen LogP contribution in [0.2, 0.25) is 10.0 Å². The number of carbonyl (C=O) groups excluding carboxylic acids is 2. The Labute approximate surface area is 171 Å². The molecule has 0 radical (unpaired) electrons. The van der Waals surface area contributed by atoms with Gasteiger partial charge in [-0.05, 0) is 47.5 Å². The molecule has 5 nitrogen and oxygen atoms in total. The highest BCUT2D eigenvalue weighted by Crippen LogP contribution is 2.29. The largest absolute Gasteiger partial charge is 0.508 e. The number of phenolic OH excluding ortho intramolecular Hbond substituents is 1. The molecule has 0 saturated heterocycles. The van der Waals surface area contributed by atoms with Crippen molar-refractivity contribution < 1.29 is 19.4 Å². The maximum absolute atomic E-state index is 12.1. The molecule has 3 aromatic rings. The summed E-state index contributed by atoms with van der Waals surface area (Å²) in [6, 6.07) is 18.3. The fourth-order valence-corrected chi connectivity index (χ4v) is 2.80. The number of phenols is 1. The molecular weight excluding hydrogens is 401 g/mol. The number of esters is 1. The van der Waals surface area contributed by atoms with Gasteiger partial charge in [-0.1, -0.05) is 53.5 Å². The number of hydrogen-bond acceptors (Lipinski definition) is 4. The summed E-state index contributed by atoms with van der Waals surface area (Å²) in [6.45, 7) is -0.457. The zero-order valence-electron chi connectivity index (χ0n) is 14.5. The Morgan fingerprint density at radius 2 is 1.50 bits per heavy atom. The molecule has 7 heteroatoms. The van der Waals surface area contributed by atoms with Crippen molar-refractivity contribution in [1.82, 2.24) is 0 Å². The van der Waals surface area contributed by atoms with Gasteiger partial charge in [0.2, 0.25) is 0 Å². The van der Waals surface area contributed by atoms with Crippen LogP contribution in [0.4, 0.5) is 5.69 Å². The van der Waals surface area contributed by atoms with Crippen LogP contribution < -0.4 is 5.32 Å². The zero-order valence-corrected chi connectivity index (χ0v) is 16.0. The fraction of sp³-hybridized carbons (Fsp3) is 0.0476. The van der Waals surface area contributed by atoms with E-state index in [-0.39, 0.29) is 10.8 Å². The molecule has 0 heterocycles. The first-order valence-electron chi connectivity index (χ1n) is 8.24. The van der Waals surface area contributed by atoms with E-state index in [2.05, 4.69) is 5.32 Å². The highest BCUT2D eigenvalue weighted by Gasteiger charge is 2.12. The molecule has 0 saturated carbocycles. The van der Waals surface area contributed by atoms with Crippen molar-refractivity contribution in [3.8, 4) is 16.9 Å². The van der Waals surface area contributed by atoms with Gasteiger partial charge in [0.15, 0.2) is 6.61 Å². The van der Waals surface area contributed by atoms with E-state index in [9.17, 15) is 14.7 Å². The smallest absolute Gasteiger partial charge is 0.338 e. The van der Waals surface area contributed by atoms with Gasteiger partial charge in [0.25, 0.3) is 5.91 Å². The third-order valence-electron chi connectivity index (χ3n) is 3.88. The van der Waals surface area contributed by atoms with Gasteiger partial charge in [0.1, 0.15) is 5.75 Å². The molecule has 1 amide bonds. The Morgan fingerprint density at radius 3 is 2.14 bits per heavy atom. The number of carbonyl (C=O) groups is 2. The number of anilines is 1. The lowest BCUT2D eigenvalue weighted by Gasteiger charge is -2.09. The highest BCUT2D eigenvalue weighted by atomic mass is 35.5. The van der Waals surface area contributed by atoms with Crippen LogP contribution in [-0.2, 0) is 9.53 Å². The van der Waals surface area contributed by atoms with Gasteiger partial charge in [-0.25, -0.2) is 4.79 Å². The predicted molar refractivity (Wildman–Crippen MR) is 109 cm³/mol. The van der Waals surface area contributed by atoms with Gasteiger partial charge in [-0.2, -0.15) is 0 Å². The lowest BCUT2D eigenvalue weighted by molar-refractivity contribution is -0.119. The van der Waals surface area contributed by atoms with Crippen molar-refractivity contribution >= 4 is 40.8 Å². The van der Waals surface area contributed by atoms with Crippen molar-refractivity contribution in [2.45, 2.75) is 0 Å². The van der Waals surface area contributed by atoms with E-state index >= 15 is 0 Å². The van der Waals surface area contributed by atoms with Gasteiger partial charge in [-0.3, -0.25) is 4.79 Å². The van der Waals surface area contributed by atoms with E-state index in [1.54, 1.807) is 66.7 Å². The highest BCUT2D eigenvalue weighted by molar-refractivity contribution is 6.44. The molecule has 0 aromatic heterocycles. The van der Waals surface area contributed by atoms with Crippen LogP contribution in [0.3, 0.4) is 0 Å². The molecule has 0 unspecified atom stereocenters. The van der Waals surface area contributed by atoms with Crippen LogP contribution in [-0.4, -0.2) is 23.6 Å². The molecule has 0 fully saturated rings.